The zero-order valence-electron chi connectivity index (χ0n) is 12.3. The number of furan rings is 1. The summed E-state index contributed by atoms with van der Waals surface area (Å²) in [4.78, 5) is 13.8. The molecule has 3 rings (SSSR count). The molecule has 21 heavy (non-hydrogen) atoms. The molecule has 0 atom stereocenters. The molecule has 112 valence electrons. The third-order valence-electron chi connectivity index (χ3n) is 4.90. The monoisotopic (exact) mass is 287 g/mol. The van der Waals surface area contributed by atoms with Gasteiger partial charge in [-0.2, -0.15) is 0 Å². The van der Waals surface area contributed by atoms with Crippen molar-refractivity contribution >= 4 is 16.9 Å². The van der Waals surface area contributed by atoms with Crippen molar-refractivity contribution in [2.24, 2.45) is 5.41 Å². The highest BCUT2D eigenvalue weighted by molar-refractivity contribution is 5.80. The van der Waals surface area contributed by atoms with Gasteiger partial charge in [0, 0.05) is 17.5 Å². The number of nitrogens with zero attached hydrogens (tertiary/aromatic N) is 1. The van der Waals surface area contributed by atoms with Crippen LogP contribution in [0.15, 0.2) is 34.9 Å². The number of fused-ring (bicyclic) bond motifs is 1. The standard InChI is InChI=1S/C17H21NO3/c1-2-17(16(19)20)7-9-18(10-8-17)11-13-12-21-15-6-4-3-5-14(13)15/h3-6,12H,2,7-11H2,1H3,(H,19,20). The average molecular weight is 287 g/mol. The van der Waals surface area contributed by atoms with Crippen molar-refractivity contribution in [2.75, 3.05) is 13.1 Å². The molecule has 0 amide bonds. The van der Waals surface area contributed by atoms with Crippen molar-refractivity contribution < 1.29 is 14.3 Å². The van der Waals surface area contributed by atoms with Crippen LogP contribution in [0.2, 0.25) is 0 Å². The van der Waals surface area contributed by atoms with Crippen molar-refractivity contribution in [1.29, 1.82) is 0 Å². The van der Waals surface area contributed by atoms with Gasteiger partial charge in [-0.1, -0.05) is 25.1 Å². The lowest BCUT2D eigenvalue weighted by Gasteiger charge is -2.38. The lowest BCUT2D eigenvalue weighted by molar-refractivity contribution is -0.152. The molecular formula is C17H21NO3. The summed E-state index contributed by atoms with van der Waals surface area (Å²) in [5, 5.41) is 10.6. The fourth-order valence-corrected chi connectivity index (χ4v) is 3.25. The van der Waals surface area contributed by atoms with Gasteiger partial charge in [0.25, 0.3) is 0 Å². The summed E-state index contributed by atoms with van der Waals surface area (Å²) >= 11 is 0. The van der Waals surface area contributed by atoms with Crippen LogP contribution in [-0.4, -0.2) is 29.1 Å². The van der Waals surface area contributed by atoms with E-state index >= 15 is 0 Å². The molecule has 1 fully saturated rings. The molecule has 1 saturated heterocycles. The molecule has 2 aromatic rings. The number of carbonyl (C=O) groups is 1. The molecule has 0 aliphatic carbocycles. The van der Waals surface area contributed by atoms with E-state index in [1.807, 2.05) is 31.4 Å². The minimum absolute atomic E-state index is 0.519. The van der Waals surface area contributed by atoms with Crippen molar-refractivity contribution in [2.45, 2.75) is 32.7 Å². The van der Waals surface area contributed by atoms with Crippen molar-refractivity contribution in [3.63, 3.8) is 0 Å². The molecular weight excluding hydrogens is 266 g/mol. The van der Waals surface area contributed by atoms with Crippen LogP contribution in [0.5, 0.6) is 0 Å². The maximum absolute atomic E-state index is 11.5. The summed E-state index contributed by atoms with van der Waals surface area (Å²) in [6.07, 6.45) is 4.00. The Labute approximate surface area is 124 Å². The van der Waals surface area contributed by atoms with Gasteiger partial charge in [0.05, 0.1) is 11.7 Å². The van der Waals surface area contributed by atoms with Crippen LogP contribution < -0.4 is 0 Å². The number of benzene rings is 1. The number of carboxylic acids is 1. The van der Waals surface area contributed by atoms with Crippen molar-refractivity contribution in [3.05, 3.63) is 36.1 Å². The predicted molar refractivity (Wildman–Crippen MR) is 81.1 cm³/mol. The SMILES string of the molecule is CCC1(C(=O)O)CCN(Cc2coc3ccccc23)CC1. The molecule has 1 aromatic carbocycles. The summed E-state index contributed by atoms with van der Waals surface area (Å²) in [5.41, 5.74) is 1.58. The van der Waals surface area contributed by atoms with Crippen LogP contribution in [0.1, 0.15) is 31.7 Å². The van der Waals surface area contributed by atoms with E-state index in [1.54, 1.807) is 0 Å². The average Bonchev–Trinajstić information content (AvgIpc) is 2.91. The third kappa shape index (κ3) is 2.56. The zero-order chi connectivity index (χ0) is 14.9. The first-order chi connectivity index (χ1) is 10.1. The number of para-hydroxylation sites is 1. The maximum atomic E-state index is 11.5. The molecule has 0 bridgehead atoms. The van der Waals surface area contributed by atoms with E-state index in [-0.39, 0.29) is 0 Å². The summed E-state index contributed by atoms with van der Waals surface area (Å²) in [6.45, 7) is 4.48. The first-order valence-corrected chi connectivity index (χ1v) is 7.55. The molecule has 1 aliphatic heterocycles. The molecule has 1 aromatic heterocycles. The molecule has 2 heterocycles. The molecule has 4 heteroatoms. The fraction of sp³-hybridized carbons (Fsp3) is 0.471. The van der Waals surface area contributed by atoms with E-state index in [0.29, 0.717) is 6.42 Å². The van der Waals surface area contributed by atoms with Gasteiger partial charge in [-0.3, -0.25) is 9.69 Å². The van der Waals surface area contributed by atoms with E-state index in [9.17, 15) is 9.90 Å². The van der Waals surface area contributed by atoms with Crippen LogP contribution in [0.25, 0.3) is 11.0 Å². The number of carboxylic acid groups (broad SMARTS) is 1. The van der Waals surface area contributed by atoms with Gasteiger partial charge in [-0.15, -0.1) is 0 Å². The Morgan fingerprint density at radius 3 is 2.71 bits per heavy atom. The highest BCUT2D eigenvalue weighted by Gasteiger charge is 2.39. The molecule has 0 spiro atoms. The van der Waals surface area contributed by atoms with Crippen molar-refractivity contribution in [3.8, 4) is 0 Å². The molecule has 0 radical (unpaired) electrons. The van der Waals surface area contributed by atoms with Crippen LogP contribution in [0.3, 0.4) is 0 Å². The Hall–Kier alpha value is -1.81. The summed E-state index contributed by atoms with van der Waals surface area (Å²) in [5.74, 6) is -0.640. The smallest absolute Gasteiger partial charge is 0.309 e. The molecule has 4 nitrogen and oxygen atoms in total. The summed E-state index contributed by atoms with van der Waals surface area (Å²) < 4.78 is 5.57. The van der Waals surface area contributed by atoms with Gasteiger partial charge in [0.1, 0.15) is 5.58 Å². The lowest BCUT2D eigenvalue weighted by Crippen LogP contribution is -2.43. The number of aliphatic carboxylic acids is 1. The molecule has 1 aliphatic rings. The van der Waals surface area contributed by atoms with Crippen LogP contribution in [0, 0.1) is 5.41 Å². The van der Waals surface area contributed by atoms with Gasteiger partial charge < -0.3 is 9.52 Å². The van der Waals surface area contributed by atoms with Gasteiger partial charge in [0.15, 0.2) is 0 Å². The van der Waals surface area contributed by atoms with E-state index in [4.69, 9.17) is 4.42 Å². The van der Waals surface area contributed by atoms with Crippen LogP contribution in [-0.2, 0) is 11.3 Å². The maximum Gasteiger partial charge on any atom is 0.309 e. The quantitative estimate of drug-likeness (QED) is 0.935. The number of piperidine rings is 1. The second-order valence-corrected chi connectivity index (χ2v) is 5.97. The minimum atomic E-state index is -0.640. The Bertz CT molecular complexity index is 638. The van der Waals surface area contributed by atoms with Crippen LogP contribution in [0.4, 0.5) is 0 Å². The summed E-state index contributed by atoms with van der Waals surface area (Å²) in [7, 11) is 0. The first-order valence-electron chi connectivity index (χ1n) is 7.55. The fourth-order valence-electron chi connectivity index (χ4n) is 3.25. The van der Waals surface area contributed by atoms with E-state index in [0.717, 1.165) is 43.4 Å². The second kappa shape index (κ2) is 5.53. The lowest BCUT2D eigenvalue weighted by atomic mass is 9.76. The Morgan fingerprint density at radius 2 is 2.05 bits per heavy atom. The molecule has 1 N–H and O–H groups in total. The molecule has 0 saturated carbocycles. The Morgan fingerprint density at radius 1 is 1.33 bits per heavy atom. The predicted octanol–water partition coefficient (Wildman–Crippen LogP) is 3.51. The van der Waals surface area contributed by atoms with Gasteiger partial charge in [0.2, 0.25) is 0 Å². The van der Waals surface area contributed by atoms with E-state index in [1.165, 1.54) is 5.56 Å². The van der Waals surface area contributed by atoms with Gasteiger partial charge in [-0.05, 0) is 38.4 Å². The van der Waals surface area contributed by atoms with E-state index in [2.05, 4.69) is 11.0 Å². The first kappa shape index (κ1) is 14.1. The number of hydrogen-bond donors (Lipinski definition) is 1. The highest BCUT2D eigenvalue weighted by atomic mass is 16.4. The highest BCUT2D eigenvalue weighted by Crippen LogP contribution is 2.36. The van der Waals surface area contributed by atoms with E-state index < -0.39 is 11.4 Å². The topological polar surface area (TPSA) is 53.7 Å². The normalized spacial score (nSPS) is 18.9. The number of hydrogen-bond acceptors (Lipinski definition) is 3. The third-order valence-corrected chi connectivity index (χ3v) is 4.90. The summed E-state index contributed by atoms with van der Waals surface area (Å²) in [6, 6.07) is 8.04. The second-order valence-electron chi connectivity index (χ2n) is 5.97. The Kier molecular flexibility index (Phi) is 3.72. The Balaban J connectivity index is 1.69. The largest absolute Gasteiger partial charge is 0.481 e. The van der Waals surface area contributed by atoms with Gasteiger partial charge in [-0.25, -0.2) is 0 Å². The van der Waals surface area contributed by atoms with Crippen LogP contribution >= 0.6 is 0 Å². The number of rotatable bonds is 4. The molecule has 0 unspecified atom stereocenters. The van der Waals surface area contributed by atoms with Gasteiger partial charge >= 0.3 is 5.97 Å². The van der Waals surface area contributed by atoms with Crippen molar-refractivity contribution in [1.82, 2.24) is 4.90 Å². The minimum Gasteiger partial charge on any atom is -0.481 e. The zero-order valence-corrected chi connectivity index (χ0v) is 12.3. The number of likely N-dealkylation sites (tertiary alicyclic amines) is 1.